The molecular formula is C40H26N2O. The van der Waals surface area contributed by atoms with Crippen LogP contribution in [0.3, 0.4) is 0 Å². The van der Waals surface area contributed by atoms with Crippen molar-refractivity contribution in [3.63, 3.8) is 0 Å². The zero-order chi connectivity index (χ0) is 28.6. The molecule has 0 saturated heterocycles. The van der Waals surface area contributed by atoms with Gasteiger partial charge in [0.15, 0.2) is 0 Å². The van der Waals surface area contributed by atoms with E-state index in [1.807, 2.05) is 72.8 Å². The molecule has 0 aliphatic carbocycles. The maximum atomic E-state index is 6.16. The van der Waals surface area contributed by atoms with Gasteiger partial charge in [-0.1, -0.05) is 140 Å². The molecule has 0 spiro atoms. The minimum absolute atomic E-state index is 0.851. The number of para-hydroxylation sites is 1. The summed E-state index contributed by atoms with van der Waals surface area (Å²) in [6.45, 7) is 0. The average Bonchev–Trinajstić information content (AvgIpc) is 3.47. The van der Waals surface area contributed by atoms with Gasteiger partial charge in [0.1, 0.15) is 11.2 Å². The quantitative estimate of drug-likeness (QED) is 0.214. The Labute approximate surface area is 249 Å². The van der Waals surface area contributed by atoms with Crippen molar-refractivity contribution >= 4 is 21.9 Å². The summed E-state index contributed by atoms with van der Waals surface area (Å²) in [4.78, 5) is 10.7. The Kier molecular flexibility index (Phi) is 6.12. The van der Waals surface area contributed by atoms with E-state index < -0.39 is 0 Å². The van der Waals surface area contributed by atoms with Gasteiger partial charge in [0.05, 0.1) is 22.8 Å². The minimum atomic E-state index is 0.851. The molecule has 8 aromatic rings. The van der Waals surface area contributed by atoms with Gasteiger partial charge in [-0.2, -0.15) is 0 Å². The molecule has 0 aliphatic rings. The first-order valence-electron chi connectivity index (χ1n) is 14.4. The van der Waals surface area contributed by atoms with Crippen LogP contribution in [0.15, 0.2) is 162 Å². The van der Waals surface area contributed by atoms with E-state index in [4.69, 9.17) is 14.4 Å². The first-order valence-corrected chi connectivity index (χ1v) is 14.4. The van der Waals surface area contributed by atoms with Crippen molar-refractivity contribution in [2.45, 2.75) is 0 Å². The molecule has 0 radical (unpaired) electrons. The molecule has 3 nitrogen and oxygen atoms in total. The fraction of sp³-hybridized carbons (Fsp3) is 0. The highest BCUT2D eigenvalue weighted by molar-refractivity contribution is 6.05. The SMILES string of the molecule is c1ccc(-c2nc(-c3ccccc3)c(-c3ccc(-c4ccc5c(c4)oc4ccccc45)cc3)nc2-c2ccccc2)cc1. The van der Waals surface area contributed by atoms with E-state index in [2.05, 4.69) is 84.9 Å². The lowest BCUT2D eigenvalue weighted by molar-refractivity contribution is 0.669. The molecule has 2 heterocycles. The number of nitrogens with zero attached hydrogens (tertiary/aromatic N) is 2. The van der Waals surface area contributed by atoms with Gasteiger partial charge in [0, 0.05) is 33.0 Å². The Hall–Kier alpha value is -5.80. The molecule has 0 unspecified atom stereocenters. The lowest BCUT2D eigenvalue weighted by Crippen LogP contribution is -2.00. The van der Waals surface area contributed by atoms with Crippen molar-refractivity contribution in [2.24, 2.45) is 0 Å². The van der Waals surface area contributed by atoms with Crippen LogP contribution in [0.1, 0.15) is 0 Å². The highest BCUT2D eigenvalue weighted by atomic mass is 16.3. The summed E-state index contributed by atoms with van der Waals surface area (Å²) in [5.41, 5.74) is 11.6. The van der Waals surface area contributed by atoms with Crippen LogP contribution in [0.4, 0.5) is 0 Å². The fourth-order valence-corrected chi connectivity index (χ4v) is 5.75. The van der Waals surface area contributed by atoms with E-state index in [1.54, 1.807) is 0 Å². The van der Waals surface area contributed by atoms with Crippen molar-refractivity contribution in [3.05, 3.63) is 158 Å². The van der Waals surface area contributed by atoms with Crippen LogP contribution in [-0.4, -0.2) is 9.97 Å². The second kappa shape index (κ2) is 10.6. The second-order valence-corrected chi connectivity index (χ2v) is 10.6. The molecular weight excluding hydrogens is 524 g/mol. The van der Waals surface area contributed by atoms with Crippen LogP contribution in [0.25, 0.3) is 78.1 Å². The fourth-order valence-electron chi connectivity index (χ4n) is 5.75. The molecule has 8 rings (SSSR count). The topological polar surface area (TPSA) is 38.9 Å². The maximum Gasteiger partial charge on any atom is 0.136 e. The number of hydrogen-bond donors (Lipinski definition) is 0. The molecule has 0 amide bonds. The molecule has 0 fully saturated rings. The summed E-state index contributed by atoms with van der Waals surface area (Å²) in [6.07, 6.45) is 0. The van der Waals surface area contributed by atoms with Crippen molar-refractivity contribution in [1.82, 2.24) is 9.97 Å². The number of furan rings is 1. The number of fused-ring (bicyclic) bond motifs is 3. The Morgan fingerprint density at radius 2 is 0.698 bits per heavy atom. The van der Waals surface area contributed by atoms with Gasteiger partial charge in [-0.05, 0) is 29.3 Å². The van der Waals surface area contributed by atoms with Crippen molar-refractivity contribution in [1.29, 1.82) is 0 Å². The molecule has 6 aromatic carbocycles. The highest BCUT2D eigenvalue weighted by Gasteiger charge is 2.19. The molecule has 0 saturated carbocycles. The first-order chi connectivity index (χ1) is 21.3. The summed E-state index contributed by atoms with van der Waals surface area (Å²) in [5.74, 6) is 0. The van der Waals surface area contributed by atoms with Crippen LogP contribution < -0.4 is 0 Å². The molecule has 43 heavy (non-hydrogen) atoms. The number of hydrogen-bond acceptors (Lipinski definition) is 3. The zero-order valence-corrected chi connectivity index (χ0v) is 23.3. The van der Waals surface area contributed by atoms with E-state index in [-0.39, 0.29) is 0 Å². The van der Waals surface area contributed by atoms with Crippen LogP contribution in [0.5, 0.6) is 0 Å². The van der Waals surface area contributed by atoms with Crippen LogP contribution in [0.2, 0.25) is 0 Å². The Morgan fingerprint density at radius 3 is 1.23 bits per heavy atom. The van der Waals surface area contributed by atoms with Crippen LogP contribution in [-0.2, 0) is 0 Å². The second-order valence-electron chi connectivity index (χ2n) is 10.6. The molecule has 3 heteroatoms. The van der Waals surface area contributed by atoms with E-state index in [0.29, 0.717) is 0 Å². The van der Waals surface area contributed by atoms with Crippen molar-refractivity contribution in [2.75, 3.05) is 0 Å². The van der Waals surface area contributed by atoms with Crippen LogP contribution in [0, 0.1) is 0 Å². The number of benzene rings is 6. The average molecular weight is 551 g/mol. The predicted molar refractivity (Wildman–Crippen MR) is 176 cm³/mol. The standard InChI is InChI=1S/C40H26N2O/c1-4-12-28(13-5-1)37-38(29-14-6-2-7-15-29)42-40(39(41-37)30-16-8-3-9-17-30)31-22-20-27(21-23-31)32-24-25-34-33-18-10-11-19-35(33)43-36(34)26-32/h1-26H. The van der Waals surface area contributed by atoms with E-state index >= 15 is 0 Å². The minimum Gasteiger partial charge on any atom is -0.456 e. The van der Waals surface area contributed by atoms with Gasteiger partial charge in [-0.3, -0.25) is 0 Å². The van der Waals surface area contributed by atoms with Gasteiger partial charge >= 0.3 is 0 Å². The normalized spacial score (nSPS) is 11.3. The monoisotopic (exact) mass is 550 g/mol. The summed E-state index contributed by atoms with van der Waals surface area (Å²) in [5, 5.41) is 2.27. The third-order valence-electron chi connectivity index (χ3n) is 7.91. The first kappa shape index (κ1) is 25.0. The molecule has 0 aliphatic heterocycles. The molecule has 0 atom stereocenters. The van der Waals surface area contributed by atoms with Gasteiger partial charge in [0.2, 0.25) is 0 Å². The smallest absolute Gasteiger partial charge is 0.136 e. The van der Waals surface area contributed by atoms with Crippen molar-refractivity contribution < 1.29 is 4.42 Å². The maximum absolute atomic E-state index is 6.16. The van der Waals surface area contributed by atoms with Gasteiger partial charge in [-0.15, -0.1) is 0 Å². The lowest BCUT2D eigenvalue weighted by Gasteiger charge is -2.16. The Morgan fingerprint density at radius 1 is 0.302 bits per heavy atom. The third kappa shape index (κ3) is 4.58. The van der Waals surface area contributed by atoms with Crippen LogP contribution >= 0.6 is 0 Å². The Balaban J connectivity index is 1.28. The van der Waals surface area contributed by atoms with E-state index in [1.165, 1.54) is 0 Å². The van der Waals surface area contributed by atoms with E-state index in [0.717, 1.165) is 78.1 Å². The van der Waals surface area contributed by atoms with Gasteiger partial charge in [0.25, 0.3) is 0 Å². The summed E-state index contributed by atoms with van der Waals surface area (Å²) >= 11 is 0. The molecule has 0 N–H and O–H groups in total. The number of aromatic nitrogens is 2. The van der Waals surface area contributed by atoms with Crippen molar-refractivity contribution in [3.8, 4) is 56.2 Å². The number of rotatable bonds is 5. The highest BCUT2D eigenvalue weighted by Crippen LogP contribution is 2.38. The predicted octanol–water partition coefficient (Wildman–Crippen LogP) is 10.7. The third-order valence-corrected chi connectivity index (χ3v) is 7.91. The van der Waals surface area contributed by atoms with Gasteiger partial charge < -0.3 is 4.42 Å². The molecule has 2 aromatic heterocycles. The Bertz CT molecular complexity index is 2200. The summed E-state index contributed by atoms with van der Waals surface area (Å²) in [6, 6.07) is 54.2. The lowest BCUT2D eigenvalue weighted by atomic mass is 9.97. The molecule has 0 bridgehead atoms. The van der Waals surface area contributed by atoms with Gasteiger partial charge in [-0.25, -0.2) is 9.97 Å². The summed E-state index contributed by atoms with van der Waals surface area (Å²) < 4.78 is 6.16. The zero-order valence-electron chi connectivity index (χ0n) is 23.3. The molecule has 202 valence electrons. The largest absolute Gasteiger partial charge is 0.456 e. The summed E-state index contributed by atoms with van der Waals surface area (Å²) in [7, 11) is 0. The van der Waals surface area contributed by atoms with E-state index in [9.17, 15) is 0 Å².